The molecule has 3 aromatic rings. The minimum Gasteiger partial charge on any atom is -0.488 e. The summed E-state index contributed by atoms with van der Waals surface area (Å²) in [6.07, 6.45) is 1.44. The van der Waals surface area contributed by atoms with Gasteiger partial charge in [0, 0.05) is 49.2 Å². The summed E-state index contributed by atoms with van der Waals surface area (Å²) in [7, 11) is 0. The molecular weight excluding hydrogens is 565 g/mol. The van der Waals surface area contributed by atoms with Gasteiger partial charge in [0.2, 0.25) is 11.8 Å². The third-order valence-electron chi connectivity index (χ3n) is 4.45. The molecule has 3 rings (SSSR count). The number of benzene rings is 3. The van der Waals surface area contributed by atoms with E-state index in [2.05, 4.69) is 31.8 Å². The average Bonchev–Trinajstić information content (AvgIpc) is 2.78. The number of amides is 2. The van der Waals surface area contributed by atoms with Crippen LogP contribution in [-0.2, 0) is 16.2 Å². The van der Waals surface area contributed by atoms with Crippen molar-refractivity contribution in [2.45, 2.75) is 19.4 Å². The van der Waals surface area contributed by atoms with E-state index in [1.807, 2.05) is 6.07 Å². The largest absolute Gasteiger partial charge is 0.488 e. The Kier molecular flexibility index (Phi) is 9.77. The predicted molar refractivity (Wildman–Crippen MR) is 140 cm³/mol. The lowest BCUT2D eigenvalue weighted by Crippen LogP contribution is -2.20. The van der Waals surface area contributed by atoms with Crippen molar-refractivity contribution in [3.05, 3.63) is 91.3 Å². The Hall–Kier alpha value is -2.58. The van der Waals surface area contributed by atoms with Gasteiger partial charge in [-0.05, 0) is 48.5 Å². The Morgan fingerprint density at radius 1 is 0.941 bits per heavy atom. The first-order chi connectivity index (χ1) is 16.3. The zero-order chi connectivity index (χ0) is 24.5. The van der Waals surface area contributed by atoms with E-state index in [4.69, 9.17) is 39.5 Å². The first-order valence-corrected chi connectivity index (χ1v) is 12.0. The van der Waals surface area contributed by atoms with Crippen LogP contribution < -0.4 is 15.5 Å². The number of hydrogen-bond donors (Lipinski definition) is 2. The van der Waals surface area contributed by atoms with E-state index in [9.17, 15) is 9.59 Å². The van der Waals surface area contributed by atoms with Gasteiger partial charge < -0.3 is 10.1 Å². The van der Waals surface area contributed by atoms with Crippen molar-refractivity contribution in [3.8, 4) is 5.75 Å². The molecule has 34 heavy (non-hydrogen) atoms. The summed E-state index contributed by atoms with van der Waals surface area (Å²) >= 11 is 21.4. The first-order valence-electron chi connectivity index (χ1n) is 10.0. The number of nitrogens with one attached hydrogen (secondary N) is 2. The minimum absolute atomic E-state index is 0.000957. The second-order valence-electron chi connectivity index (χ2n) is 7.06. The Morgan fingerprint density at radius 3 is 2.47 bits per heavy atom. The zero-order valence-electron chi connectivity index (χ0n) is 17.7. The fourth-order valence-electron chi connectivity index (χ4n) is 2.79. The van der Waals surface area contributed by atoms with Gasteiger partial charge in [0.05, 0.1) is 6.21 Å². The summed E-state index contributed by atoms with van der Waals surface area (Å²) in [4.78, 5) is 24.1. The summed E-state index contributed by atoms with van der Waals surface area (Å²) in [5.41, 5.74) is 4.40. The lowest BCUT2D eigenvalue weighted by molar-refractivity contribution is -0.124. The van der Waals surface area contributed by atoms with Crippen molar-refractivity contribution in [1.29, 1.82) is 0 Å². The Balaban J connectivity index is 1.52. The molecule has 10 heteroatoms. The predicted octanol–water partition coefficient (Wildman–Crippen LogP) is 6.86. The third kappa shape index (κ3) is 8.33. The standard InChI is InChI=1S/C24H19BrCl3N3O3/c25-17-5-7-22(34-14-15-4-6-19(27)12-21(15)28)16(10-17)13-29-31-24(33)9-8-23(32)30-20-3-1-2-18(26)11-20/h1-7,10-13H,8-9,14H2,(H,30,32)(H,31,33). The number of halogens is 4. The molecule has 0 unspecified atom stereocenters. The van der Waals surface area contributed by atoms with Crippen molar-refractivity contribution in [1.82, 2.24) is 5.43 Å². The highest BCUT2D eigenvalue weighted by Crippen LogP contribution is 2.26. The summed E-state index contributed by atoms with van der Waals surface area (Å²) in [6, 6.07) is 17.4. The maximum absolute atomic E-state index is 12.1. The van der Waals surface area contributed by atoms with Crippen molar-refractivity contribution < 1.29 is 14.3 Å². The van der Waals surface area contributed by atoms with Crippen LogP contribution >= 0.6 is 50.7 Å². The van der Waals surface area contributed by atoms with Crippen LogP contribution in [-0.4, -0.2) is 18.0 Å². The topological polar surface area (TPSA) is 79.8 Å². The van der Waals surface area contributed by atoms with Gasteiger partial charge in [-0.25, -0.2) is 5.43 Å². The van der Waals surface area contributed by atoms with E-state index in [1.54, 1.807) is 54.6 Å². The lowest BCUT2D eigenvalue weighted by atomic mass is 10.2. The third-order valence-corrected chi connectivity index (χ3v) is 5.77. The van der Waals surface area contributed by atoms with Gasteiger partial charge in [-0.15, -0.1) is 0 Å². The maximum atomic E-state index is 12.1. The van der Waals surface area contributed by atoms with Crippen molar-refractivity contribution in [3.63, 3.8) is 0 Å². The lowest BCUT2D eigenvalue weighted by Gasteiger charge is -2.11. The molecule has 0 fully saturated rings. The van der Waals surface area contributed by atoms with Gasteiger partial charge in [0.1, 0.15) is 12.4 Å². The van der Waals surface area contributed by atoms with Crippen molar-refractivity contribution in [2.75, 3.05) is 5.32 Å². The van der Waals surface area contributed by atoms with Crippen LogP contribution in [0.25, 0.3) is 0 Å². The molecular formula is C24H19BrCl3N3O3. The molecule has 0 heterocycles. The number of hydrazone groups is 1. The monoisotopic (exact) mass is 581 g/mol. The van der Waals surface area contributed by atoms with Gasteiger partial charge >= 0.3 is 0 Å². The van der Waals surface area contributed by atoms with E-state index >= 15 is 0 Å². The summed E-state index contributed by atoms with van der Waals surface area (Å²) in [6.45, 7) is 0.229. The summed E-state index contributed by atoms with van der Waals surface area (Å²) in [5, 5.41) is 8.23. The smallest absolute Gasteiger partial charge is 0.240 e. The Morgan fingerprint density at radius 2 is 1.71 bits per heavy atom. The average molecular weight is 584 g/mol. The fourth-order valence-corrected chi connectivity index (χ4v) is 3.82. The second kappa shape index (κ2) is 12.8. The molecule has 0 aliphatic carbocycles. The number of nitrogens with zero attached hydrogens (tertiary/aromatic N) is 1. The number of ether oxygens (including phenoxy) is 1. The van der Waals surface area contributed by atoms with Crippen LogP contribution in [0.1, 0.15) is 24.0 Å². The Labute approximate surface area is 220 Å². The van der Waals surface area contributed by atoms with Gasteiger partial charge in [-0.2, -0.15) is 5.10 Å². The number of carbonyl (C=O) groups excluding carboxylic acids is 2. The van der Waals surface area contributed by atoms with Crippen LogP contribution in [0.4, 0.5) is 5.69 Å². The van der Waals surface area contributed by atoms with Gasteiger partial charge in [0.25, 0.3) is 0 Å². The highest BCUT2D eigenvalue weighted by molar-refractivity contribution is 9.10. The molecule has 0 aliphatic heterocycles. The molecule has 3 aromatic carbocycles. The highest BCUT2D eigenvalue weighted by Gasteiger charge is 2.09. The molecule has 0 spiro atoms. The molecule has 0 bridgehead atoms. The van der Waals surface area contributed by atoms with Crippen molar-refractivity contribution in [2.24, 2.45) is 5.10 Å². The maximum Gasteiger partial charge on any atom is 0.240 e. The van der Waals surface area contributed by atoms with Gasteiger partial charge in [-0.3, -0.25) is 9.59 Å². The highest BCUT2D eigenvalue weighted by atomic mass is 79.9. The molecule has 0 aromatic heterocycles. The Bertz CT molecular complexity index is 1220. The van der Waals surface area contributed by atoms with Crippen LogP contribution in [0, 0.1) is 0 Å². The molecule has 0 saturated carbocycles. The molecule has 2 N–H and O–H groups in total. The number of hydrogen-bond acceptors (Lipinski definition) is 4. The minimum atomic E-state index is -0.400. The molecule has 0 aliphatic rings. The zero-order valence-corrected chi connectivity index (χ0v) is 21.5. The van der Waals surface area contributed by atoms with Crippen LogP contribution in [0.15, 0.2) is 70.2 Å². The fraction of sp³-hybridized carbons (Fsp3) is 0.125. The molecule has 2 amide bonds. The molecule has 0 radical (unpaired) electrons. The SMILES string of the molecule is O=C(CCC(=O)Nc1cccc(Cl)c1)NN=Cc1cc(Br)ccc1OCc1ccc(Cl)cc1Cl. The van der Waals surface area contributed by atoms with Gasteiger partial charge in [0.15, 0.2) is 0 Å². The second-order valence-corrected chi connectivity index (χ2v) is 9.25. The quantitative estimate of drug-likeness (QED) is 0.213. The normalized spacial score (nSPS) is 10.8. The number of rotatable bonds is 9. The summed E-state index contributed by atoms with van der Waals surface area (Å²) in [5.74, 6) is -0.152. The van der Waals surface area contributed by atoms with Crippen LogP contribution in [0.5, 0.6) is 5.75 Å². The number of anilines is 1. The number of carbonyl (C=O) groups is 2. The van der Waals surface area contributed by atoms with Gasteiger partial charge in [-0.1, -0.05) is 62.9 Å². The molecule has 0 atom stereocenters. The van der Waals surface area contributed by atoms with E-state index in [1.165, 1.54) is 6.21 Å². The van der Waals surface area contributed by atoms with E-state index in [0.29, 0.717) is 32.1 Å². The molecule has 0 saturated heterocycles. The van der Waals surface area contributed by atoms with E-state index in [-0.39, 0.29) is 25.4 Å². The van der Waals surface area contributed by atoms with Crippen molar-refractivity contribution >= 4 is 74.4 Å². The first kappa shape index (κ1) is 26.0. The molecule has 176 valence electrons. The molecule has 6 nitrogen and oxygen atoms in total. The van der Waals surface area contributed by atoms with E-state index < -0.39 is 5.91 Å². The summed E-state index contributed by atoms with van der Waals surface area (Å²) < 4.78 is 6.70. The van der Waals surface area contributed by atoms with Crippen LogP contribution in [0.3, 0.4) is 0 Å². The van der Waals surface area contributed by atoms with Crippen LogP contribution in [0.2, 0.25) is 15.1 Å². The van der Waals surface area contributed by atoms with E-state index in [0.717, 1.165) is 10.0 Å².